The zero-order valence-electron chi connectivity index (χ0n) is 12.1. The summed E-state index contributed by atoms with van der Waals surface area (Å²) in [5.74, 6) is 0.612. The molecule has 1 aliphatic heterocycles. The van der Waals surface area contributed by atoms with E-state index in [-0.39, 0.29) is 0 Å². The van der Waals surface area contributed by atoms with Crippen LogP contribution in [0.1, 0.15) is 45.6 Å². The van der Waals surface area contributed by atoms with Crippen LogP contribution in [0.15, 0.2) is 24.3 Å². The number of rotatable bonds is 2. The number of benzene rings is 1. The highest BCUT2D eigenvalue weighted by Crippen LogP contribution is 2.23. The first-order chi connectivity index (χ1) is 8.58. The van der Waals surface area contributed by atoms with Gasteiger partial charge in [-0.25, -0.2) is 0 Å². The molecule has 100 valence electrons. The molecule has 0 bridgehead atoms. The molecule has 1 N–H and O–H groups in total. The van der Waals surface area contributed by atoms with Crippen molar-refractivity contribution in [3.63, 3.8) is 0 Å². The third kappa shape index (κ3) is 3.05. The first-order valence-corrected chi connectivity index (χ1v) is 7.18. The van der Waals surface area contributed by atoms with Crippen LogP contribution in [0, 0.1) is 0 Å². The van der Waals surface area contributed by atoms with Gasteiger partial charge in [-0.3, -0.25) is 0 Å². The monoisotopic (exact) mass is 246 g/mol. The van der Waals surface area contributed by atoms with Gasteiger partial charge in [0.1, 0.15) is 0 Å². The largest absolute Gasteiger partial charge is 0.367 e. The van der Waals surface area contributed by atoms with Gasteiger partial charge in [0, 0.05) is 24.3 Å². The summed E-state index contributed by atoms with van der Waals surface area (Å²) in [5.41, 5.74) is 2.79. The van der Waals surface area contributed by atoms with E-state index < -0.39 is 0 Å². The third-order valence-electron chi connectivity index (χ3n) is 3.95. The van der Waals surface area contributed by atoms with Gasteiger partial charge in [0.15, 0.2) is 0 Å². The zero-order chi connectivity index (χ0) is 13.1. The molecule has 1 fully saturated rings. The lowest BCUT2D eigenvalue weighted by molar-refractivity contribution is 0.585. The Labute approximate surface area is 111 Å². The van der Waals surface area contributed by atoms with Crippen molar-refractivity contribution in [2.75, 3.05) is 18.0 Å². The fourth-order valence-corrected chi connectivity index (χ4v) is 2.64. The van der Waals surface area contributed by atoms with Gasteiger partial charge in [0.25, 0.3) is 0 Å². The summed E-state index contributed by atoms with van der Waals surface area (Å²) in [4.78, 5) is 2.54. The fourth-order valence-electron chi connectivity index (χ4n) is 2.64. The lowest BCUT2D eigenvalue weighted by Gasteiger charge is -2.30. The molecule has 1 aliphatic rings. The van der Waals surface area contributed by atoms with Crippen molar-refractivity contribution in [3.8, 4) is 0 Å². The summed E-state index contributed by atoms with van der Waals surface area (Å²) < 4.78 is 0. The van der Waals surface area contributed by atoms with E-state index in [1.165, 1.54) is 17.7 Å². The minimum Gasteiger partial charge on any atom is -0.367 e. The Morgan fingerprint density at radius 2 is 1.83 bits per heavy atom. The van der Waals surface area contributed by atoms with Gasteiger partial charge >= 0.3 is 0 Å². The molecule has 2 heteroatoms. The standard InChI is InChI=1S/C16H26N2/c1-12(2)15-5-7-16(8-6-15)18-11-13(3)17-10-9-14(18)4/h5-8,12-14,17H,9-11H2,1-4H3. The molecule has 2 rings (SSSR count). The molecule has 0 saturated carbocycles. The molecule has 0 amide bonds. The fraction of sp³-hybridized carbons (Fsp3) is 0.625. The van der Waals surface area contributed by atoms with Gasteiger partial charge in [0.2, 0.25) is 0 Å². The predicted octanol–water partition coefficient (Wildman–Crippen LogP) is 3.39. The van der Waals surface area contributed by atoms with Crippen LogP contribution < -0.4 is 10.2 Å². The molecule has 0 aromatic heterocycles. The summed E-state index contributed by atoms with van der Waals surface area (Å²) in [6, 6.07) is 10.3. The highest BCUT2D eigenvalue weighted by atomic mass is 15.2. The second-order valence-electron chi connectivity index (χ2n) is 5.89. The summed E-state index contributed by atoms with van der Waals surface area (Å²) >= 11 is 0. The summed E-state index contributed by atoms with van der Waals surface area (Å²) in [6.45, 7) is 11.3. The van der Waals surface area contributed by atoms with Gasteiger partial charge in [-0.1, -0.05) is 26.0 Å². The van der Waals surface area contributed by atoms with Crippen LogP contribution in [0.3, 0.4) is 0 Å². The Balaban J connectivity index is 2.17. The molecule has 1 aromatic rings. The van der Waals surface area contributed by atoms with Crippen molar-refractivity contribution in [2.24, 2.45) is 0 Å². The van der Waals surface area contributed by atoms with Gasteiger partial charge in [-0.05, 0) is 50.4 Å². The SMILES string of the molecule is CC1CN(c2ccc(C(C)C)cc2)C(C)CCN1. The van der Waals surface area contributed by atoms with Crippen LogP contribution in [0.4, 0.5) is 5.69 Å². The van der Waals surface area contributed by atoms with E-state index in [9.17, 15) is 0 Å². The molecule has 2 nitrogen and oxygen atoms in total. The minimum atomic E-state index is 0.569. The van der Waals surface area contributed by atoms with E-state index in [1.54, 1.807) is 0 Å². The van der Waals surface area contributed by atoms with Crippen molar-refractivity contribution in [1.29, 1.82) is 0 Å². The molecule has 0 aliphatic carbocycles. The van der Waals surface area contributed by atoms with Crippen LogP contribution in [-0.4, -0.2) is 25.2 Å². The molecule has 0 radical (unpaired) electrons. The number of nitrogens with zero attached hydrogens (tertiary/aromatic N) is 1. The maximum Gasteiger partial charge on any atom is 0.0369 e. The van der Waals surface area contributed by atoms with Crippen LogP contribution in [0.2, 0.25) is 0 Å². The van der Waals surface area contributed by atoms with Crippen molar-refractivity contribution in [3.05, 3.63) is 29.8 Å². The second kappa shape index (κ2) is 5.75. The molecular formula is C16H26N2. The highest BCUT2D eigenvalue weighted by molar-refractivity contribution is 5.49. The highest BCUT2D eigenvalue weighted by Gasteiger charge is 2.20. The normalized spacial score (nSPS) is 25.3. The van der Waals surface area contributed by atoms with E-state index in [0.29, 0.717) is 18.0 Å². The molecule has 1 heterocycles. The van der Waals surface area contributed by atoms with Crippen molar-refractivity contribution < 1.29 is 0 Å². The number of hydrogen-bond donors (Lipinski definition) is 1. The molecule has 2 unspecified atom stereocenters. The quantitative estimate of drug-likeness (QED) is 0.860. The van der Waals surface area contributed by atoms with Crippen LogP contribution in [-0.2, 0) is 0 Å². The topological polar surface area (TPSA) is 15.3 Å². The predicted molar refractivity (Wildman–Crippen MR) is 79.4 cm³/mol. The van der Waals surface area contributed by atoms with E-state index in [1.807, 2.05) is 0 Å². The van der Waals surface area contributed by atoms with Crippen LogP contribution in [0.25, 0.3) is 0 Å². The van der Waals surface area contributed by atoms with Crippen molar-refractivity contribution in [1.82, 2.24) is 5.32 Å². The zero-order valence-corrected chi connectivity index (χ0v) is 12.1. The van der Waals surface area contributed by atoms with Crippen LogP contribution >= 0.6 is 0 Å². The lowest BCUT2D eigenvalue weighted by Crippen LogP contribution is -2.38. The Morgan fingerprint density at radius 3 is 2.44 bits per heavy atom. The second-order valence-corrected chi connectivity index (χ2v) is 5.89. The third-order valence-corrected chi connectivity index (χ3v) is 3.95. The smallest absolute Gasteiger partial charge is 0.0369 e. The number of hydrogen-bond acceptors (Lipinski definition) is 2. The summed E-state index contributed by atoms with van der Waals surface area (Å²) in [6.07, 6.45) is 1.22. The van der Waals surface area contributed by atoms with Gasteiger partial charge in [-0.15, -0.1) is 0 Å². The molecule has 2 atom stereocenters. The van der Waals surface area contributed by atoms with Gasteiger partial charge < -0.3 is 10.2 Å². The number of nitrogens with one attached hydrogen (secondary N) is 1. The molecule has 18 heavy (non-hydrogen) atoms. The maximum atomic E-state index is 3.56. The Kier molecular flexibility index (Phi) is 4.28. The van der Waals surface area contributed by atoms with E-state index in [0.717, 1.165) is 13.1 Å². The van der Waals surface area contributed by atoms with Crippen molar-refractivity contribution >= 4 is 5.69 Å². The molecule has 1 aromatic carbocycles. The maximum absolute atomic E-state index is 3.56. The van der Waals surface area contributed by atoms with Gasteiger partial charge in [-0.2, -0.15) is 0 Å². The number of anilines is 1. The molecular weight excluding hydrogens is 220 g/mol. The summed E-state index contributed by atoms with van der Waals surface area (Å²) in [5, 5.41) is 3.56. The Bertz CT molecular complexity index is 369. The van der Waals surface area contributed by atoms with Gasteiger partial charge in [0.05, 0.1) is 0 Å². The van der Waals surface area contributed by atoms with E-state index >= 15 is 0 Å². The summed E-state index contributed by atoms with van der Waals surface area (Å²) in [7, 11) is 0. The average Bonchev–Trinajstić information content (AvgIpc) is 2.51. The molecule has 1 saturated heterocycles. The first kappa shape index (κ1) is 13.4. The Morgan fingerprint density at radius 1 is 1.17 bits per heavy atom. The van der Waals surface area contributed by atoms with Crippen LogP contribution in [0.5, 0.6) is 0 Å². The minimum absolute atomic E-state index is 0.569. The average molecular weight is 246 g/mol. The van der Waals surface area contributed by atoms with E-state index in [2.05, 4.69) is 62.2 Å². The van der Waals surface area contributed by atoms with Crippen molar-refractivity contribution in [2.45, 2.75) is 52.1 Å². The first-order valence-electron chi connectivity index (χ1n) is 7.18. The Hall–Kier alpha value is -1.02. The van der Waals surface area contributed by atoms with E-state index in [4.69, 9.17) is 0 Å². The lowest BCUT2D eigenvalue weighted by atomic mass is 10.0. The molecule has 0 spiro atoms.